The predicted octanol–water partition coefficient (Wildman–Crippen LogP) is 1.93. The summed E-state index contributed by atoms with van der Waals surface area (Å²) in [6, 6.07) is 6.24. The van der Waals surface area contributed by atoms with Gasteiger partial charge < -0.3 is 9.47 Å². The molecule has 2 rings (SSSR count). The van der Waals surface area contributed by atoms with Gasteiger partial charge in [0, 0.05) is 11.5 Å². The highest BCUT2D eigenvalue weighted by Gasteiger charge is 2.31. The van der Waals surface area contributed by atoms with Gasteiger partial charge in [-0.2, -0.15) is 0 Å². The first-order valence-corrected chi connectivity index (χ1v) is 6.38. The van der Waals surface area contributed by atoms with E-state index in [0.29, 0.717) is 12.0 Å². The van der Waals surface area contributed by atoms with Crippen molar-refractivity contribution in [1.29, 1.82) is 0 Å². The third-order valence-electron chi connectivity index (χ3n) is 3.60. The van der Waals surface area contributed by atoms with E-state index in [2.05, 4.69) is 25.3 Å². The minimum atomic E-state index is 0.0739. The molecule has 0 aromatic heterocycles. The molecule has 1 aromatic rings. The van der Waals surface area contributed by atoms with Gasteiger partial charge in [0.2, 0.25) is 0 Å². The van der Waals surface area contributed by atoms with Crippen LogP contribution in [0.15, 0.2) is 18.2 Å². The normalized spacial score (nSPS) is 25.1. The van der Waals surface area contributed by atoms with E-state index in [1.165, 1.54) is 5.56 Å². The summed E-state index contributed by atoms with van der Waals surface area (Å²) in [5.74, 6) is 7.01. The number of methoxy groups -OCH3 is 1. The molecular formula is C14H22N2O2. The molecule has 100 valence electrons. The second kappa shape index (κ2) is 5.69. The van der Waals surface area contributed by atoms with Crippen LogP contribution in [0.2, 0.25) is 0 Å². The van der Waals surface area contributed by atoms with E-state index in [1.54, 1.807) is 7.11 Å². The number of rotatable bonds is 4. The molecule has 1 aliphatic rings. The van der Waals surface area contributed by atoms with Crippen LogP contribution in [-0.4, -0.2) is 19.8 Å². The van der Waals surface area contributed by atoms with Crippen molar-refractivity contribution in [3.05, 3.63) is 29.3 Å². The van der Waals surface area contributed by atoms with E-state index in [9.17, 15) is 0 Å². The SMILES string of the molecule is COc1ccc(C)cc1C(NN)C1COC(C)C1. The Labute approximate surface area is 108 Å². The molecule has 0 spiro atoms. The quantitative estimate of drug-likeness (QED) is 0.633. The summed E-state index contributed by atoms with van der Waals surface area (Å²) in [6.07, 6.45) is 1.33. The number of nitrogens with two attached hydrogens (primary N) is 1. The van der Waals surface area contributed by atoms with Crippen LogP contribution in [0.25, 0.3) is 0 Å². The molecule has 4 heteroatoms. The van der Waals surface area contributed by atoms with Gasteiger partial charge in [-0.05, 0) is 26.3 Å². The maximum atomic E-state index is 5.74. The van der Waals surface area contributed by atoms with Crippen LogP contribution in [0.1, 0.15) is 30.5 Å². The lowest BCUT2D eigenvalue weighted by Gasteiger charge is -2.24. The third kappa shape index (κ3) is 2.66. The highest BCUT2D eigenvalue weighted by atomic mass is 16.5. The fourth-order valence-corrected chi connectivity index (χ4v) is 2.66. The maximum Gasteiger partial charge on any atom is 0.123 e. The zero-order valence-corrected chi connectivity index (χ0v) is 11.3. The summed E-state index contributed by atoms with van der Waals surface area (Å²) in [6.45, 7) is 4.92. The van der Waals surface area contributed by atoms with Gasteiger partial charge in [-0.1, -0.05) is 17.7 Å². The van der Waals surface area contributed by atoms with Crippen molar-refractivity contribution in [3.63, 3.8) is 0 Å². The molecule has 4 nitrogen and oxygen atoms in total. The van der Waals surface area contributed by atoms with Crippen LogP contribution in [0, 0.1) is 12.8 Å². The molecule has 1 saturated heterocycles. The van der Waals surface area contributed by atoms with Crippen LogP contribution >= 0.6 is 0 Å². The van der Waals surface area contributed by atoms with Gasteiger partial charge >= 0.3 is 0 Å². The van der Waals surface area contributed by atoms with Crippen molar-refractivity contribution in [2.24, 2.45) is 11.8 Å². The van der Waals surface area contributed by atoms with Crippen molar-refractivity contribution >= 4 is 0 Å². The summed E-state index contributed by atoms with van der Waals surface area (Å²) in [7, 11) is 1.69. The Balaban J connectivity index is 2.29. The number of ether oxygens (including phenoxy) is 2. The number of hydrazine groups is 1. The average molecular weight is 250 g/mol. The molecule has 0 aliphatic carbocycles. The first kappa shape index (κ1) is 13.3. The van der Waals surface area contributed by atoms with E-state index in [4.69, 9.17) is 15.3 Å². The van der Waals surface area contributed by atoms with Crippen LogP contribution in [0.5, 0.6) is 5.75 Å². The zero-order chi connectivity index (χ0) is 13.1. The van der Waals surface area contributed by atoms with Crippen LogP contribution < -0.4 is 16.0 Å². The molecule has 1 aliphatic heterocycles. The first-order valence-electron chi connectivity index (χ1n) is 6.38. The van der Waals surface area contributed by atoms with E-state index < -0.39 is 0 Å². The summed E-state index contributed by atoms with van der Waals surface area (Å²) >= 11 is 0. The lowest BCUT2D eigenvalue weighted by atomic mass is 9.90. The molecule has 0 bridgehead atoms. The van der Waals surface area contributed by atoms with E-state index in [-0.39, 0.29) is 6.04 Å². The van der Waals surface area contributed by atoms with Crippen LogP contribution in [0.3, 0.4) is 0 Å². The fraction of sp³-hybridized carbons (Fsp3) is 0.571. The number of hydrogen-bond acceptors (Lipinski definition) is 4. The molecular weight excluding hydrogens is 228 g/mol. The van der Waals surface area contributed by atoms with Gasteiger partial charge in [-0.3, -0.25) is 11.3 Å². The summed E-state index contributed by atoms with van der Waals surface area (Å²) in [5, 5.41) is 0. The van der Waals surface area contributed by atoms with E-state index in [1.807, 2.05) is 12.1 Å². The van der Waals surface area contributed by atoms with Crippen LogP contribution in [0.4, 0.5) is 0 Å². The molecule has 3 N–H and O–H groups in total. The van der Waals surface area contributed by atoms with Crippen molar-refractivity contribution in [2.75, 3.05) is 13.7 Å². The Bertz CT molecular complexity index is 409. The van der Waals surface area contributed by atoms with Crippen molar-refractivity contribution < 1.29 is 9.47 Å². The topological polar surface area (TPSA) is 56.5 Å². The molecule has 1 aromatic carbocycles. The Morgan fingerprint density at radius 3 is 2.83 bits per heavy atom. The van der Waals surface area contributed by atoms with Gasteiger partial charge in [0.05, 0.1) is 25.9 Å². The Kier molecular flexibility index (Phi) is 4.22. The predicted molar refractivity (Wildman–Crippen MR) is 71.3 cm³/mol. The Morgan fingerprint density at radius 1 is 1.50 bits per heavy atom. The molecule has 3 atom stereocenters. The minimum absolute atomic E-state index is 0.0739. The Morgan fingerprint density at radius 2 is 2.28 bits per heavy atom. The van der Waals surface area contributed by atoms with Gasteiger partial charge in [0.25, 0.3) is 0 Å². The maximum absolute atomic E-state index is 5.74. The molecule has 0 saturated carbocycles. The molecule has 3 unspecified atom stereocenters. The molecule has 1 fully saturated rings. The standard InChI is InChI=1S/C14H22N2O2/c1-9-4-5-13(17-3)12(6-9)14(16-15)11-7-10(2)18-8-11/h4-6,10-11,14,16H,7-8,15H2,1-3H3. The van der Waals surface area contributed by atoms with Crippen LogP contribution in [-0.2, 0) is 4.74 Å². The molecule has 1 heterocycles. The second-order valence-corrected chi connectivity index (χ2v) is 5.03. The summed E-state index contributed by atoms with van der Waals surface area (Å²) in [5.41, 5.74) is 5.24. The third-order valence-corrected chi connectivity index (χ3v) is 3.60. The minimum Gasteiger partial charge on any atom is -0.496 e. The second-order valence-electron chi connectivity index (χ2n) is 5.03. The number of hydrogen-bond donors (Lipinski definition) is 2. The highest BCUT2D eigenvalue weighted by molar-refractivity contribution is 5.39. The summed E-state index contributed by atoms with van der Waals surface area (Å²) in [4.78, 5) is 0. The van der Waals surface area contributed by atoms with Gasteiger partial charge in [0.1, 0.15) is 5.75 Å². The lowest BCUT2D eigenvalue weighted by molar-refractivity contribution is 0.116. The first-order chi connectivity index (χ1) is 8.65. The van der Waals surface area contributed by atoms with Gasteiger partial charge in [-0.25, -0.2) is 0 Å². The van der Waals surface area contributed by atoms with E-state index >= 15 is 0 Å². The van der Waals surface area contributed by atoms with E-state index in [0.717, 1.165) is 24.3 Å². The number of nitrogens with one attached hydrogen (secondary N) is 1. The molecule has 0 amide bonds. The van der Waals surface area contributed by atoms with Crippen molar-refractivity contribution in [3.8, 4) is 5.75 Å². The number of benzene rings is 1. The largest absolute Gasteiger partial charge is 0.496 e. The number of aryl methyl sites for hydroxylation is 1. The highest BCUT2D eigenvalue weighted by Crippen LogP contribution is 2.35. The zero-order valence-electron chi connectivity index (χ0n) is 11.3. The molecule has 18 heavy (non-hydrogen) atoms. The lowest BCUT2D eigenvalue weighted by Crippen LogP contribution is -2.34. The van der Waals surface area contributed by atoms with Crippen molar-refractivity contribution in [2.45, 2.75) is 32.4 Å². The molecule has 0 radical (unpaired) electrons. The van der Waals surface area contributed by atoms with Gasteiger partial charge in [0.15, 0.2) is 0 Å². The van der Waals surface area contributed by atoms with Gasteiger partial charge in [-0.15, -0.1) is 0 Å². The fourth-order valence-electron chi connectivity index (χ4n) is 2.66. The smallest absolute Gasteiger partial charge is 0.123 e. The van der Waals surface area contributed by atoms with Crippen molar-refractivity contribution in [1.82, 2.24) is 5.43 Å². The summed E-state index contributed by atoms with van der Waals surface area (Å²) < 4.78 is 11.1. The Hall–Kier alpha value is -1.10. The monoisotopic (exact) mass is 250 g/mol. The average Bonchev–Trinajstić information content (AvgIpc) is 2.77.